The van der Waals surface area contributed by atoms with Crippen molar-refractivity contribution >= 4 is 16.1 Å². The molecule has 4 atom stereocenters. The van der Waals surface area contributed by atoms with Crippen LogP contribution in [0.1, 0.15) is 18.7 Å². The van der Waals surface area contributed by atoms with Gasteiger partial charge in [0.25, 0.3) is 15.7 Å². The summed E-state index contributed by atoms with van der Waals surface area (Å²) < 4.78 is 45.6. The number of aromatic nitrogens is 2. The number of carbonyl (C=O) groups is 1. The van der Waals surface area contributed by atoms with E-state index in [0.717, 1.165) is 10.8 Å². The van der Waals surface area contributed by atoms with E-state index in [1.165, 1.54) is 20.0 Å². The molecule has 0 aromatic carbocycles. The number of likely N-dealkylation sites (N-methyl/N-ethyl adjacent to an activating group) is 1. The van der Waals surface area contributed by atoms with Gasteiger partial charge in [0.15, 0.2) is 12.3 Å². The Hall–Kier alpha value is -2.06. The molecule has 0 aliphatic carbocycles. The number of ether oxygens (including phenoxy) is 3. The van der Waals surface area contributed by atoms with E-state index >= 15 is 0 Å². The van der Waals surface area contributed by atoms with Gasteiger partial charge in [-0.1, -0.05) is 0 Å². The maximum atomic E-state index is 12.3. The molecule has 1 unspecified atom stereocenters. The van der Waals surface area contributed by atoms with E-state index in [1.54, 1.807) is 7.05 Å². The molecule has 0 amide bonds. The van der Waals surface area contributed by atoms with E-state index in [1.807, 2.05) is 0 Å². The zero-order valence-electron chi connectivity index (χ0n) is 16.5. The molecule has 1 saturated heterocycles. The van der Waals surface area contributed by atoms with Crippen LogP contribution in [0.4, 0.5) is 0 Å². The number of hydrogen-bond donors (Lipinski definition) is 2. The number of aryl methyl sites for hydroxylation is 1. The maximum Gasteiger partial charge on any atom is 0.330 e. The first kappa shape index (κ1) is 23.2. The van der Waals surface area contributed by atoms with Crippen LogP contribution in [0.15, 0.2) is 15.8 Å². The monoisotopic (exact) mass is 435 g/mol. The third kappa shape index (κ3) is 6.21. The summed E-state index contributed by atoms with van der Waals surface area (Å²) >= 11 is 0. The minimum absolute atomic E-state index is 0.190. The predicted molar refractivity (Wildman–Crippen MR) is 100.0 cm³/mol. The number of rotatable bonds is 9. The van der Waals surface area contributed by atoms with Gasteiger partial charge in [-0.15, -0.1) is 0 Å². The molecule has 13 heteroatoms. The number of nitrogens with zero attached hydrogens (tertiary/aromatic N) is 1. The Bertz CT molecular complexity index is 940. The van der Waals surface area contributed by atoms with Crippen LogP contribution in [0.5, 0.6) is 0 Å². The van der Waals surface area contributed by atoms with Crippen molar-refractivity contribution in [2.24, 2.45) is 0 Å². The summed E-state index contributed by atoms with van der Waals surface area (Å²) in [6.45, 7) is 2.89. The molecule has 1 aromatic rings. The lowest BCUT2D eigenvalue weighted by atomic mass is 10.1. The van der Waals surface area contributed by atoms with E-state index in [4.69, 9.17) is 18.4 Å². The van der Waals surface area contributed by atoms with Crippen molar-refractivity contribution in [1.29, 1.82) is 0 Å². The number of aromatic amines is 1. The van der Waals surface area contributed by atoms with E-state index < -0.39 is 58.5 Å². The Morgan fingerprint density at radius 3 is 2.62 bits per heavy atom. The van der Waals surface area contributed by atoms with Crippen LogP contribution < -0.4 is 16.6 Å². The number of esters is 1. The zero-order chi connectivity index (χ0) is 21.8. The van der Waals surface area contributed by atoms with Crippen molar-refractivity contribution in [2.75, 3.05) is 33.1 Å². The molecule has 0 spiro atoms. The van der Waals surface area contributed by atoms with Gasteiger partial charge in [-0.2, -0.15) is 8.42 Å². The summed E-state index contributed by atoms with van der Waals surface area (Å²) in [7, 11) is -2.08. The van der Waals surface area contributed by atoms with Crippen LogP contribution in [0.25, 0.3) is 0 Å². The molecule has 1 aromatic heterocycles. The summed E-state index contributed by atoms with van der Waals surface area (Å²) in [5, 5.41) is 2.89. The molecule has 1 aliphatic rings. The van der Waals surface area contributed by atoms with Crippen LogP contribution in [0, 0.1) is 6.92 Å². The Morgan fingerprint density at radius 2 is 2.03 bits per heavy atom. The lowest BCUT2D eigenvalue weighted by Crippen LogP contribution is -2.42. The quantitative estimate of drug-likeness (QED) is 0.259. The van der Waals surface area contributed by atoms with E-state index in [-0.39, 0.29) is 12.2 Å². The molecule has 164 valence electrons. The molecule has 2 N–H and O–H groups in total. The Labute approximate surface area is 167 Å². The van der Waals surface area contributed by atoms with Crippen molar-refractivity contribution in [3.63, 3.8) is 0 Å². The van der Waals surface area contributed by atoms with Gasteiger partial charge in [-0.05, 0) is 14.0 Å². The molecule has 0 bridgehead atoms. The van der Waals surface area contributed by atoms with Crippen molar-refractivity contribution in [2.45, 2.75) is 38.4 Å². The fraction of sp³-hybridized carbons (Fsp3) is 0.688. The highest BCUT2D eigenvalue weighted by Crippen LogP contribution is 2.33. The minimum Gasteiger partial charge on any atom is -0.457 e. The predicted octanol–water partition coefficient (Wildman–Crippen LogP) is -1.75. The molecule has 12 nitrogen and oxygen atoms in total. The highest BCUT2D eigenvalue weighted by atomic mass is 32.2. The van der Waals surface area contributed by atoms with Crippen LogP contribution >= 0.6 is 0 Å². The van der Waals surface area contributed by atoms with Gasteiger partial charge in [-0.3, -0.25) is 23.3 Å². The summed E-state index contributed by atoms with van der Waals surface area (Å²) in [6, 6.07) is 0. The fourth-order valence-electron chi connectivity index (χ4n) is 2.84. The number of carbonyl (C=O) groups excluding carboxylic acids is 1. The lowest BCUT2D eigenvalue weighted by molar-refractivity contribution is -0.155. The molecule has 2 rings (SSSR count). The summed E-state index contributed by atoms with van der Waals surface area (Å²) in [5.41, 5.74) is -1.05. The van der Waals surface area contributed by atoms with Crippen LogP contribution in [-0.4, -0.2) is 75.3 Å². The SMILES string of the molecule is CNCCO[C@H]1C(OC(C)=O)[C@@H](COS(C)(=O)=O)O[C@H]1n1cc(C)c(=O)[nH]c1=O. The second kappa shape index (κ2) is 9.63. The van der Waals surface area contributed by atoms with Crippen LogP contribution in [0.2, 0.25) is 0 Å². The smallest absolute Gasteiger partial charge is 0.330 e. The molecule has 2 heterocycles. The lowest BCUT2D eigenvalue weighted by Gasteiger charge is -2.24. The zero-order valence-corrected chi connectivity index (χ0v) is 17.4. The average molecular weight is 435 g/mol. The third-order valence-electron chi connectivity index (χ3n) is 4.12. The van der Waals surface area contributed by atoms with Gasteiger partial charge < -0.3 is 19.5 Å². The Kier molecular flexibility index (Phi) is 7.71. The number of nitrogens with one attached hydrogen (secondary N) is 2. The molecule has 0 saturated carbocycles. The molecular weight excluding hydrogens is 410 g/mol. The van der Waals surface area contributed by atoms with Crippen molar-refractivity contribution < 1.29 is 31.6 Å². The topological polar surface area (TPSA) is 155 Å². The molecule has 1 fully saturated rings. The number of H-pyrrole nitrogens is 1. The third-order valence-corrected chi connectivity index (χ3v) is 4.68. The second-order valence-electron chi connectivity index (χ2n) is 6.55. The van der Waals surface area contributed by atoms with E-state index in [0.29, 0.717) is 6.54 Å². The largest absolute Gasteiger partial charge is 0.457 e. The molecule has 0 radical (unpaired) electrons. The maximum absolute atomic E-state index is 12.3. The number of hydrogen-bond acceptors (Lipinski definition) is 10. The van der Waals surface area contributed by atoms with Gasteiger partial charge in [-0.25, -0.2) is 4.79 Å². The average Bonchev–Trinajstić information content (AvgIpc) is 2.93. The van der Waals surface area contributed by atoms with Gasteiger partial charge >= 0.3 is 11.7 Å². The summed E-state index contributed by atoms with van der Waals surface area (Å²) in [5.74, 6) is -0.643. The Morgan fingerprint density at radius 1 is 1.34 bits per heavy atom. The van der Waals surface area contributed by atoms with Crippen molar-refractivity contribution in [3.05, 3.63) is 32.6 Å². The standard InChI is InChI=1S/C16H25N3O9S/c1-9-7-19(16(22)18-14(9)21)15-13(25-6-5-17-3)12(27-10(2)20)11(28-15)8-26-29(4,23)24/h7,11-13,15,17H,5-6,8H2,1-4H3,(H,18,21,22)/t11-,12?,13+,15-/m1/s1. The van der Waals surface area contributed by atoms with Crippen molar-refractivity contribution in [1.82, 2.24) is 14.9 Å². The van der Waals surface area contributed by atoms with E-state index in [9.17, 15) is 22.8 Å². The molecule has 29 heavy (non-hydrogen) atoms. The summed E-state index contributed by atoms with van der Waals surface area (Å²) in [4.78, 5) is 37.8. The first-order chi connectivity index (χ1) is 13.5. The fourth-order valence-corrected chi connectivity index (χ4v) is 3.22. The van der Waals surface area contributed by atoms with Crippen molar-refractivity contribution in [3.8, 4) is 0 Å². The van der Waals surface area contributed by atoms with Crippen LogP contribution in [-0.2, 0) is 33.3 Å². The van der Waals surface area contributed by atoms with Crippen LogP contribution in [0.3, 0.4) is 0 Å². The van der Waals surface area contributed by atoms with Gasteiger partial charge in [0.1, 0.15) is 12.2 Å². The summed E-state index contributed by atoms with van der Waals surface area (Å²) in [6.07, 6.45) is -1.95. The highest BCUT2D eigenvalue weighted by molar-refractivity contribution is 7.85. The molecule has 1 aliphatic heterocycles. The van der Waals surface area contributed by atoms with Gasteiger partial charge in [0, 0.05) is 25.2 Å². The van der Waals surface area contributed by atoms with E-state index in [2.05, 4.69) is 10.3 Å². The minimum atomic E-state index is -3.79. The highest BCUT2D eigenvalue weighted by Gasteiger charge is 2.49. The first-order valence-electron chi connectivity index (χ1n) is 8.79. The Balaban J connectivity index is 2.42. The van der Waals surface area contributed by atoms with Gasteiger partial charge in [0.05, 0.1) is 19.5 Å². The molecular formula is C16H25N3O9S. The normalized spacial score (nSPS) is 24.6. The van der Waals surface area contributed by atoms with Gasteiger partial charge in [0.2, 0.25) is 0 Å². The first-order valence-corrected chi connectivity index (χ1v) is 10.6. The second-order valence-corrected chi connectivity index (χ2v) is 8.19.